The fourth-order valence-electron chi connectivity index (χ4n) is 4.90. The SMILES string of the molecule is Cc1ccc2c(oc3nc(C(C)(C)C)ccc32)c1-c1cc(C2CCCC2)cc[n+]1C. The van der Waals surface area contributed by atoms with E-state index in [1.165, 1.54) is 48.1 Å². The monoisotopic (exact) mass is 399 g/mol. The zero-order valence-electron chi connectivity index (χ0n) is 18.7. The van der Waals surface area contributed by atoms with Crippen LogP contribution in [-0.4, -0.2) is 4.98 Å². The smallest absolute Gasteiger partial charge is 0.227 e. The summed E-state index contributed by atoms with van der Waals surface area (Å²) in [6, 6.07) is 13.4. The van der Waals surface area contributed by atoms with Crippen molar-refractivity contribution in [2.24, 2.45) is 7.05 Å². The van der Waals surface area contributed by atoms with Crippen molar-refractivity contribution in [1.29, 1.82) is 0 Å². The number of furan rings is 1. The van der Waals surface area contributed by atoms with Crippen LogP contribution in [-0.2, 0) is 12.5 Å². The number of hydrogen-bond acceptors (Lipinski definition) is 2. The summed E-state index contributed by atoms with van der Waals surface area (Å²) >= 11 is 0. The first-order valence-corrected chi connectivity index (χ1v) is 11.2. The summed E-state index contributed by atoms with van der Waals surface area (Å²) in [6.07, 6.45) is 7.52. The maximum absolute atomic E-state index is 6.45. The van der Waals surface area contributed by atoms with Crippen molar-refractivity contribution in [3.05, 3.63) is 59.4 Å². The molecule has 0 saturated heterocycles. The van der Waals surface area contributed by atoms with Gasteiger partial charge in [-0.3, -0.25) is 0 Å². The van der Waals surface area contributed by atoms with Crippen molar-refractivity contribution in [2.45, 2.75) is 64.7 Å². The van der Waals surface area contributed by atoms with Gasteiger partial charge in [0.25, 0.3) is 0 Å². The molecule has 0 aliphatic heterocycles. The first-order valence-electron chi connectivity index (χ1n) is 11.2. The number of nitrogens with zero attached hydrogens (tertiary/aromatic N) is 2. The minimum absolute atomic E-state index is 0.00599. The zero-order valence-corrected chi connectivity index (χ0v) is 18.7. The number of aromatic nitrogens is 2. The van der Waals surface area contributed by atoms with Gasteiger partial charge in [-0.2, -0.15) is 0 Å². The van der Waals surface area contributed by atoms with Crippen molar-refractivity contribution in [3.63, 3.8) is 0 Å². The van der Waals surface area contributed by atoms with E-state index in [2.05, 4.69) is 81.9 Å². The van der Waals surface area contributed by atoms with Crippen LogP contribution in [0.2, 0.25) is 0 Å². The van der Waals surface area contributed by atoms with E-state index in [9.17, 15) is 0 Å². The number of aryl methyl sites for hydroxylation is 2. The second-order valence-electron chi connectivity index (χ2n) is 9.97. The lowest BCUT2D eigenvalue weighted by atomic mass is 9.91. The largest absolute Gasteiger partial charge is 0.437 e. The summed E-state index contributed by atoms with van der Waals surface area (Å²) in [7, 11) is 2.13. The molecule has 154 valence electrons. The number of fused-ring (bicyclic) bond motifs is 3. The van der Waals surface area contributed by atoms with Crippen LogP contribution in [0.1, 0.15) is 69.2 Å². The Morgan fingerprint density at radius 3 is 2.47 bits per heavy atom. The van der Waals surface area contributed by atoms with Gasteiger partial charge in [0.1, 0.15) is 7.05 Å². The van der Waals surface area contributed by atoms with Gasteiger partial charge in [-0.25, -0.2) is 9.55 Å². The minimum atomic E-state index is -0.00599. The summed E-state index contributed by atoms with van der Waals surface area (Å²) in [5, 5.41) is 2.23. The van der Waals surface area contributed by atoms with Crippen LogP contribution < -0.4 is 4.57 Å². The van der Waals surface area contributed by atoms with E-state index in [1.54, 1.807) is 0 Å². The highest BCUT2D eigenvalue weighted by atomic mass is 16.3. The molecular weight excluding hydrogens is 368 g/mol. The zero-order chi connectivity index (χ0) is 21.0. The molecule has 30 heavy (non-hydrogen) atoms. The average Bonchev–Trinajstić information content (AvgIpc) is 3.35. The molecule has 3 nitrogen and oxygen atoms in total. The van der Waals surface area contributed by atoms with Crippen LogP contribution in [0.25, 0.3) is 33.3 Å². The van der Waals surface area contributed by atoms with Gasteiger partial charge in [-0.15, -0.1) is 0 Å². The van der Waals surface area contributed by atoms with Gasteiger partial charge >= 0.3 is 0 Å². The molecule has 1 aliphatic rings. The molecule has 3 heterocycles. The number of hydrogen-bond donors (Lipinski definition) is 0. The second-order valence-corrected chi connectivity index (χ2v) is 9.97. The van der Waals surface area contributed by atoms with Crippen molar-refractivity contribution < 1.29 is 8.98 Å². The molecule has 0 spiro atoms. The number of rotatable bonds is 2. The van der Waals surface area contributed by atoms with E-state index in [0.29, 0.717) is 5.92 Å². The lowest BCUT2D eigenvalue weighted by molar-refractivity contribution is -0.660. The summed E-state index contributed by atoms with van der Waals surface area (Å²) in [6.45, 7) is 8.74. The minimum Gasteiger partial charge on any atom is -0.437 e. The molecule has 5 rings (SSSR count). The van der Waals surface area contributed by atoms with E-state index in [4.69, 9.17) is 9.40 Å². The summed E-state index contributed by atoms with van der Waals surface area (Å²) in [5.41, 5.74) is 7.83. The van der Waals surface area contributed by atoms with Crippen LogP contribution in [0.5, 0.6) is 0 Å². The quantitative estimate of drug-likeness (QED) is 0.350. The molecule has 1 aromatic carbocycles. The lowest BCUT2D eigenvalue weighted by Crippen LogP contribution is -2.31. The molecule has 4 aromatic rings. The van der Waals surface area contributed by atoms with Gasteiger partial charge in [0.15, 0.2) is 11.8 Å². The van der Waals surface area contributed by atoms with Crippen molar-refractivity contribution >= 4 is 22.1 Å². The second kappa shape index (κ2) is 6.94. The predicted molar refractivity (Wildman–Crippen MR) is 123 cm³/mol. The molecule has 0 unspecified atom stereocenters. The normalized spacial score (nSPS) is 15.5. The molecule has 0 bridgehead atoms. The Morgan fingerprint density at radius 1 is 1.00 bits per heavy atom. The van der Waals surface area contributed by atoms with Gasteiger partial charge in [0.2, 0.25) is 11.4 Å². The number of benzene rings is 1. The van der Waals surface area contributed by atoms with Gasteiger partial charge in [-0.05, 0) is 48.9 Å². The molecule has 3 heteroatoms. The fraction of sp³-hybridized carbons (Fsp3) is 0.407. The van der Waals surface area contributed by atoms with Crippen LogP contribution in [0.15, 0.2) is 47.0 Å². The van der Waals surface area contributed by atoms with Crippen molar-refractivity contribution in [3.8, 4) is 11.3 Å². The van der Waals surface area contributed by atoms with Gasteiger partial charge in [-0.1, -0.05) is 45.7 Å². The third-order valence-corrected chi connectivity index (χ3v) is 6.74. The Morgan fingerprint density at radius 2 is 1.73 bits per heavy atom. The van der Waals surface area contributed by atoms with E-state index < -0.39 is 0 Å². The number of pyridine rings is 2. The maximum atomic E-state index is 6.45. The van der Waals surface area contributed by atoms with Crippen LogP contribution in [0, 0.1) is 6.92 Å². The van der Waals surface area contributed by atoms with Crippen molar-refractivity contribution in [2.75, 3.05) is 0 Å². The van der Waals surface area contributed by atoms with Gasteiger partial charge < -0.3 is 4.42 Å². The maximum Gasteiger partial charge on any atom is 0.227 e. The van der Waals surface area contributed by atoms with E-state index in [-0.39, 0.29) is 5.41 Å². The standard InChI is InChI=1S/C27H31N2O/c1-17-10-11-20-21-12-13-23(27(2,3)4)28-26(21)30-25(20)24(17)22-16-19(14-15-29(22)5)18-8-6-7-9-18/h10-16,18H,6-9H2,1-5H3/q+1. The molecule has 1 fully saturated rings. The topological polar surface area (TPSA) is 29.9 Å². The third-order valence-electron chi connectivity index (χ3n) is 6.74. The Bertz CT molecular complexity index is 1250. The van der Waals surface area contributed by atoms with E-state index in [0.717, 1.165) is 27.8 Å². The highest BCUT2D eigenvalue weighted by molar-refractivity contribution is 6.08. The summed E-state index contributed by atoms with van der Waals surface area (Å²) in [4.78, 5) is 4.88. The first-order chi connectivity index (χ1) is 14.3. The molecular formula is C27H31N2O+. The first kappa shape index (κ1) is 19.3. The Kier molecular flexibility index (Phi) is 4.46. The molecule has 0 amide bonds. The Hall–Kier alpha value is -2.68. The fourth-order valence-corrected chi connectivity index (χ4v) is 4.90. The highest BCUT2D eigenvalue weighted by Crippen LogP contribution is 2.39. The van der Waals surface area contributed by atoms with Crippen LogP contribution in [0.3, 0.4) is 0 Å². The molecule has 1 aliphatic carbocycles. The van der Waals surface area contributed by atoms with E-state index >= 15 is 0 Å². The van der Waals surface area contributed by atoms with Crippen LogP contribution >= 0.6 is 0 Å². The van der Waals surface area contributed by atoms with Gasteiger partial charge in [0, 0.05) is 34.0 Å². The van der Waals surface area contributed by atoms with E-state index in [1.807, 2.05) is 0 Å². The van der Waals surface area contributed by atoms with Crippen molar-refractivity contribution in [1.82, 2.24) is 4.98 Å². The Balaban J connectivity index is 1.75. The van der Waals surface area contributed by atoms with Crippen LogP contribution in [0.4, 0.5) is 0 Å². The summed E-state index contributed by atoms with van der Waals surface area (Å²) in [5.74, 6) is 0.691. The lowest BCUT2D eigenvalue weighted by Gasteiger charge is -2.16. The highest BCUT2D eigenvalue weighted by Gasteiger charge is 2.25. The molecule has 0 N–H and O–H groups in total. The molecule has 1 saturated carbocycles. The van der Waals surface area contributed by atoms with Gasteiger partial charge in [0.05, 0.1) is 5.56 Å². The summed E-state index contributed by atoms with van der Waals surface area (Å²) < 4.78 is 8.67. The third kappa shape index (κ3) is 3.12. The Labute approximate surface area is 178 Å². The predicted octanol–water partition coefficient (Wildman–Crippen LogP) is 6.74. The molecule has 0 atom stereocenters. The molecule has 0 radical (unpaired) electrons. The molecule has 3 aromatic heterocycles. The average molecular weight is 400 g/mol.